The average molecular weight is 370 g/mol. The van der Waals surface area contributed by atoms with E-state index in [2.05, 4.69) is 54.7 Å². The number of benzene rings is 2. The summed E-state index contributed by atoms with van der Waals surface area (Å²) in [7, 11) is 0. The Hall–Kier alpha value is -1.55. The van der Waals surface area contributed by atoms with Crippen molar-refractivity contribution in [3.05, 3.63) is 63.5 Å². The maximum Gasteiger partial charge on any atom is 0.0896 e. The van der Waals surface area contributed by atoms with E-state index >= 15 is 0 Å². The van der Waals surface area contributed by atoms with Gasteiger partial charge in [0, 0.05) is 38.7 Å². The van der Waals surface area contributed by atoms with Gasteiger partial charge in [-0.3, -0.25) is 0 Å². The molecule has 5 rings (SSSR count). The van der Waals surface area contributed by atoms with Crippen molar-refractivity contribution in [3.8, 4) is 0 Å². The normalized spacial score (nSPS) is 25.3. The van der Waals surface area contributed by atoms with Gasteiger partial charge in [-0.25, -0.2) is 0 Å². The Morgan fingerprint density at radius 1 is 1.20 bits per heavy atom. The Kier molecular flexibility index (Phi) is 3.77. The number of ether oxygens (including phenoxy) is 1. The fourth-order valence-electron chi connectivity index (χ4n) is 4.28. The lowest BCUT2D eigenvalue weighted by Gasteiger charge is -2.43. The summed E-state index contributed by atoms with van der Waals surface area (Å²) in [5, 5.41) is 5.85. The highest BCUT2D eigenvalue weighted by molar-refractivity contribution is 7.19. The summed E-state index contributed by atoms with van der Waals surface area (Å²) in [6.07, 6.45) is 2.44. The maximum atomic E-state index is 6.80. The molecular weight excluding hydrogens is 350 g/mol. The molecule has 1 saturated heterocycles. The molecule has 0 saturated carbocycles. The molecule has 0 bridgehead atoms. The van der Waals surface area contributed by atoms with E-state index in [1.165, 1.54) is 32.8 Å². The molecule has 4 heteroatoms. The minimum absolute atomic E-state index is 0.163. The topological polar surface area (TPSA) is 21.3 Å². The number of halogens is 1. The van der Waals surface area contributed by atoms with Gasteiger partial charge in [0.2, 0.25) is 0 Å². The van der Waals surface area contributed by atoms with Crippen molar-refractivity contribution in [1.82, 2.24) is 0 Å². The summed E-state index contributed by atoms with van der Waals surface area (Å²) < 4.78 is 7.51. The van der Waals surface area contributed by atoms with Crippen LogP contribution in [0.3, 0.4) is 0 Å². The monoisotopic (exact) mass is 369 g/mol. The van der Waals surface area contributed by atoms with Crippen molar-refractivity contribution >= 4 is 38.7 Å². The standard InChI is InChI=1S/C21H20ClNOS/c1-12-8-9-16-15(11-12)20-14(6-4-10-24-20)19(23-16)21-18(22)13-5-2-3-7-17(13)25-21/h2-3,5,7-9,11,14,19-20,23H,4,6,10H2,1H3/t14-,19-,20-/m0/s1. The van der Waals surface area contributed by atoms with Crippen LogP contribution in [0.1, 0.15) is 41.0 Å². The molecule has 1 N–H and O–H groups in total. The largest absolute Gasteiger partial charge is 0.377 e. The van der Waals surface area contributed by atoms with E-state index in [-0.39, 0.29) is 12.1 Å². The number of hydrogen-bond donors (Lipinski definition) is 1. The Balaban J connectivity index is 1.65. The smallest absolute Gasteiger partial charge is 0.0896 e. The van der Waals surface area contributed by atoms with Crippen molar-refractivity contribution in [2.24, 2.45) is 5.92 Å². The number of anilines is 1. The van der Waals surface area contributed by atoms with Gasteiger partial charge in [0.1, 0.15) is 0 Å². The molecule has 1 fully saturated rings. The van der Waals surface area contributed by atoms with Crippen molar-refractivity contribution in [3.63, 3.8) is 0 Å². The first-order chi connectivity index (χ1) is 12.2. The number of aryl methyl sites for hydroxylation is 1. The van der Waals surface area contributed by atoms with Gasteiger partial charge in [0.25, 0.3) is 0 Å². The first-order valence-corrected chi connectivity index (χ1v) is 10.1. The molecule has 1 aromatic heterocycles. The highest BCUT2D eigenvalue weighted by Crippen LogP contribution is 2.52. The Morgan fingerprint density at radius 2 is 2.08 bits per heavy atom. The van der Waals surface area contributed by atoms with Crippen LogP contribution < -0.4 is 5.32 Å². The van der Waals surface area contributed by atoms with E-state index < -0.39 is 0 Å². The van der Waals surface area contributed by atoms with Crippen molar-refractivity contribution in [2.75, 3.05) is 11.9 Å². The van der Waals surface area contributed by atoms with Gasteiger partial charge in [0.15, 0.2) is 0 Å². The minimum atomic E-state index is 0.163. The summed E-state index contributed by atoms with van der Waals surface area (Å²) in [6, 6.07) is 15.3. The van der Waals surface area contributed by atoms with Crippen LogP contribution >= 0.6 is 22.9 Å². The molecule has 2 aliphatic heterocycles. The van der Waals surface area contributed by atoms with Crippen molar-refractivity contribution < 1.29 is 4.74 Å². The van der Waals surface area contributed by atoms with Crippen LogP contribution in [0.2, 0.25) is 5.02 Å². The van der Waals surface area contributed by atoms with Crippen LogP contribution in [0.25, 0.3) is 10.1 Å². The van der Waals surface area contributed by atoms with Crippen LogP contribution in [-0.2, 0) is 4.74 Å². The number of nitrogens with one attached hydrogen (secondary N) is 1. The van der Waals surface area contributed by atoms with Crippen LogP contribution in [0, 0.1) is 12.8 Å². The Labute approximate surface area is 156 Å². The fraction of sp³-hybridized carbons (Fsp3) is 0.333. The summed E-state index contributed by atoms with van der Waals surface area (Å²) in [6.45, 7) is 2.99. The highest BCUT2D eigenvalue weighted by Gasteiger charge is 2.41. The summed E-state index contributed by atoms with van der Waals surface area (Å²) in [4.78, 5) is 1.24. The van der Waals surface area contributed by atoms with E-state index in [0.717, 1.165) is 23.4 Å². The molecule has 128 valence electrons. The quantitative estimate of drug-likeness (QED) is 0.528. The van der Waals surface area contributed by atoms with Crippen LogP contribution in [-0.4, -0.2) is 6.61 Å². The number of rotatable bonds is 1. The molecule has 2 aromatic carbocycles. The van der Waals surface area contributed by atoms with Crippen LogP contribution in [0.4, 0.5) is 5.69 Å². The van der Waals surface area contributed by atoms with E-state index in [1.807, 2.05) is 11.3 Å². The molecular formula is C21H20ClNOS. The third-order valence-electron chi connectivity index (χ3n) is 5.46. The first-order valence-electron chi connectivity index (χ1n) is 8.88. The fourth-order valence-corrected chi connectivity index (χ4v) is 5.96. The Bertz CT molecular complexity index is 950. The van der Waals surface area contributed by atoms with Crippen molar-refractivity contribution in [2.45, 2.75) is 31.9 Å². The van der Waals surface area contributed by atoms with Gasteiger partial charge in [0.05, 0.1) is 17.2 Å². The third-order valence-corrected chi connectivity index (χ3v) is 7.24. The van der Waals surface area contributed by atoms with E-state index in [0.29, 0.717) is 5.92 Å². The minimum Gasteiger partial charge on any atom is -0.377 e. The number of fused-ring (bicyclic) bond motifs is 4. The molecule has 0 unspecified atom stereocenters. The molecule has 0 amide bonds. The van der Waals surface area contributed by atoms with E-state index in [9.17, 15) is 0 Å². The Morgan fingerprint density at radius 3 is 2.96 bits per heavy atom. The molecule has 2 nitrogen and oxygen atoms in total. The van der Waals surface area contributed by atoms with Gasteiger partial charge in [-0.05, 0) is 31.9 Å². The van der Waals surface area contributed by atoms with Crippen molar-refractivity contribution in [1.29, 1.82) is 0 Å². The molecule has 3 atom stereocenters. The van der Waals surface area contributed by atoms with Crippen LogP contribution in [0.5, 0.6) is 0 Å². The second-order valence-electron chi connectivity index (χ2n) is 7.09. The lowest BCUT2D eigenvalue weighted by Crippen LogP contribution is -2.35. The van der Waals surface area contributed by atoms with Gasteiger partial charge < -0.3 is 10.1 Å². The second kappa shape index (κ2) is 6.01. The van der Waals surface area contributed by atoms with Gasteiger partial charge in [-0.1, -0.05) is 47.5 Å². The van der Waals surface area contributed by atoms with E-state index in [4.69, 9.17) is 16.3 Å². The molecule has 2 aliphatic rings. The third kappa shape index (κ3) is 2.49. The zero-order valence-electron chi connectivity index (χ0n) is 14.1. The predicted octanol–water partition coefficient (Wildman–Crippen LogP) is 6.50. The molecule has 0 spiro atoms. The summed E-state index contributed by atoms with van der Waals surface area (Å²) in [5.41, 5.74) is 3.78. The van der Waals surface area contributed by atoms with Crippen LogP contribution in [0.15, 0.2) is 42.5 Å². The lowest BCUT2D eigenvalue weighted by atomic mass is 9.79. The SMILES string of the molecule is Cc1ccc2c(c1)[C@H]1OCCC[C@H]1[C@@H](c1sc3ccccc3c1Cl)N2. The van der Waals surface area contributed by atoms with Gasteiger partial charge in [-0.2, -0.15) is 0 Å². The van der Waals surface area contributed by atoms with E-state index in [1.54, 1.807) is 0 Å². The molecule has 0 aliphatic carbocycles. The zero-order chi connectivity index (χ0) is 17.0. The predicted molar refractivity (Wildman–Crippen MR) is 106 cm³/mol. The highest BCUT2D eigenvalue weighted by atomic mass is 35.5. The maximum absolute atomic E-state index is 6.80. The number of hydrogen-bond acceptors (Lipinski definition) is 3. The summed E-state index contributed by atoms with van der Waals surface area (Å²) >= 11 is 8.62. The lowest BCUT2D eigenvalue weighted by molar-refractivity contribution is -0.0378. The van der Waals surface area contributed by atoms with Gasteiger partial charge in [-0.15, -0.1) is 11.3 Å². The zero-order valence-corrected chi connectivity index (χ0v) is 15.7. The second-order valence-corrected chi connectivity index (χ2v) is 8.55. The average Bonchev–Trinajstić information content (AvgIpc) is 2.98. The molecule has 25 heavy (non-hydrogen) atoms. The first kappa shape index (κ1) is 15.7. The molecule has 3 heterocycles. The van der Waals surface area contributed by atoms with Gasteiger partial charge >= 0.3 is 0 Å². The molecule has 3 aromatic rings. The molecule has 0 radical (unpaired) electrons. The summed E-state index contributed by atoms with van der Waals surface area (Å²) in [5.74, 6) is 0.425. The number of thiophene rings is 1.